The van der Waals surface area contributed by atoms with Gasteiger partial charge in [-0.05, 0) is 62.9 Å². The molecule has 0 unspecified atom stereocenters. The lowest BCUT2D eigenvalue weighted by Crippen LogP contribution is -2.20. The minimum Gasteiger partial charge on any atom is -0.399 e. The van der Waals surface area contributed by atoms with Gasteiger partial charge in [-0.2, -0.15) is 13.2 Å². The zero-order chi connectivity index (χ0) is 22.6. The van der Waals surface area contributed by atoms with Gasteiger partial charge in [0.25, 0.3) is 0 Å². The van der Waals surface area contributed by atoms with E-state index in [1.54, 1.807) is 26.1 Å². The SMILES string of the molecule is Cc1nc(N[C@H](C)c2cc(N)cc(C(F)(F)F)c2)c2cn(C3CCC3)c3nccc-3c2n1. The maximum Gasteiger partial charge on any atom is 0.416 e. The smallest absolute Gasteiger partial charge is 0.399 e. The summed E-state index contributed by atoms with van der Waals surface area (Å²) in [7, 11) is 0. The lowest BCUT2D eigenvalue weighted by molar-refractivity contribution is -0.137. The van der Waals surface area contributed by atoms with Gasteiger partial charge >= 0.3 is 6.18 Å². The molecule has 0 radical (unpaired) electrons. The molecule has 2 aliphatic heterocycles. The van der Waals surface area contributed by atoms with E-state index in [-0.39, 0.29) is 5.69 Å². The molecule has 3 aliphatic rings. The van der Waals surface area contributed by atoms with Crippen LogP contribution in [0.4, 0.5) is 24.7 Å². The second kappa shape index (κ2) is 7.36. The van der Waals surface area contributed by atoms with Crippen LogP contribution in [0.5, 0.6) is 0 Å². The number of nitrogen functional groups attached to an aromatic ring is 1. The van der Waals surface area contributed by atoms with Crippen molar-refractivity contribution >= 4 is 22.4 Å². The monoisotopic (exact) mass is 440 g/mol. The number of alkyl halides is 3. The molecule has 0 amide bonds. The first kappa shape index (κ1) is 20.5. The highest BCUT2D eigenvalue weighted by Crippen LogP contribution is 2.40. The van der Waals surface area contributed by atoms with Gasteiger partial charge < -0.3 is 15.6 Å². The first-order chi connectivity index (χ1) is 15.2. The molecule has 3 N–H and O–H groups in total. The molecule has 166 valence electrons. The third kappa shape index (κ3) is 3.51. The quantitative estimate of drug-likeness (QED) is 0.396. The van der Waals surface area contributed by atoms with Crippen molar-refractivity contribution in [1.29, 1.82) is 0 Å². The molecule has 0 saturated heterocycles. The highest BCUT2D eigenvalue weighted by Gasteiger charge is 2.32. The van der Waals surface area contributed by atoms with Gasteiger partial charge in [0.2, 0.25) is 0 Å². The molecule has 1 aromatic heterocycles. The maximum absolute atomic E-state index is 13.3. The van der Waals surface area contributed by atoms with Gasteiger partial charge in [0, 0.05) is 29.7 Å². The zero-order valence-electron chi connectivity index (χ0n) is 17.7. The van der Waals surface area contributed by atoms with Crippen LogP contribution in [0.2, 0.25) is 0 Å². The molecule has 5 rings (SSSR count). The van der Waals surface area contributed by atoms with E-state index in [9.17, 15) is 13.2 Å². The van der Waals surface area contributed by atoms with E-state index in [1.165, 1.54) is 6.42 Å². The fourth-order valence-electron chi connectivity index (χ4n) is 4.26. The predicted molar refractivity (Wildman–Crippen MR) is 117 cm³/mol. The normalized spacial score (nSPS) is 15.8. The third-order valence-electron chi connectivity index (χ3n) is 6.13. The summed E-state index contributed by atoms with van der Waals surface area (Å²) in [5.41, 5.74) is 7.22. The highest BCUT2D eigenvalue weighted by molar-refractivity contribution is 5.98. The summed E-state index contributed by atoms with van der Waals surface area (Å²) in [4.78, 5) is 13.8. The summed E-state index contributed by atoms with van der Waals surface area (Å²) in [6, 6.07) is 5.49. The highest BCUT2D eigenvalue weighted by atomic mass is 19.4. The fraction of sp³-hybridized carbons (Fsp3) is 0.348. The van der Waals surface area contributed by atoms with Crippen molar-refractivity contribution in [2.75, 3.05) is 11.1 Å². The van der Waals surface area contributed by atoms with Crippen molar-refractivity contribution in [2.24, 2.45) is 0 Å². The number of pyridine rings is 1. The van der Waals surface area contributed by atoms with Crippen LogP contribution in [0.1, 0.15) is 55.2 Å². The number of nitrogens with one attached hydrogen (secondary N) is 1. The Morgan fingerprint density at radius 2 is 1.97 bits per heavy atom. The van der Waals surface area contributed by atoms with Crippen molar-refractivity contribution in [2.45, 2.75) is 51.4 Å². The van der Waals surface area contributed by atoms with E-state index in [1.807, 2.05) is 12.3 Å². The van der Waals surface area contributed by atoms with Crippen LogP contribution in [0.15, 0.2) is 36.7 Å². The summed E-state index contributed by atoms with van der Waals surface area (Å²) < 4.78 is 42.0. The number of hydrogen-bond acceptors (Lipinski definition) is 5. The molecular formula is C23H23F3N6. The van der Waals surface area contributed by atoms with Gasteiger partial charge in [-0.15, -0.1) is 0 Å². The van der Waals surface area contributed by atoms with Crippen LogP contribution in [0.3, 0.4) is 0 Å². The van der Waals surface area contributed by atoms with Crippen LogP contribution in [0, 0.1) is 6.92 Å². The summed E-state index contributed by atoms with van der Waals surface area (Å²) in [6.07, 6.45) is 2.69. The van der Waals surface area contributed by atoms with E-state index in [0.29, 0.717) is 23.2 Å². The molecule has 3 heterocycles. The van der Waals surface area contributed by atoms with Crippen LogP contribution >= 0.6 is 0 Å². The molecule has 32 heavy (non-hydrogen) atoms. The summed E-state index contributed by atoms with van der Waals surface area (Å²) in [6.45, 7) is 3.59. The number of rotatable bonds is 4. The Hall–Kier alpha value is -3.36. The Morgan fingerprint density at radius 3 is 2.66 bits per heavy atom. The Morgan fingerprint density at radius 1 is 1.19 bits per heavy atom. The lowest BCUT2D eigenvalue weighted by atomic mass is 9.92. The number of benzene rings is 1. The first-order valence-corrected chi connectivity index (χ1v) is 10.6. The number of aromatic nitrogens is 4. The lowest BCUT2D eigenvalue weighted by Gasteiger charge is -2.31. The van der Waals surface area contributed by atoms with E-state index in [0.717, 1.165) is 47.3 Å². The average molecular weight is 440 g/mol. The zero-order valence-corrected chi connectivity index (χ0v) is 17.7. The van der Waals surface area contributed by atoms with Crippen LogP contribution < -0.4 is 11.1 Å². The van der Waals surface area contributed by atoms with Crippen LogP contribution in [-0.2, 0) is 6.18 Å². The van der Waals surface area contributed by atoms with Gasteiger partial charge in [0.05, 0.1) is 22.5 Å². The van der Waals surface area contributed by atoms with Gasteiger partial charge in [-0.25, -0.2) is 15.0 Å². The standard InChI is InChI=1S/C23H23F3N6/c1-12(14-8-15(23(24,25)26)10-16(27)9-14)29-21-19-11-32(17-4-3-5-17)22-18(6-7-28-22)20(19)30-13(2)31-21/h6-12,17H,3-5,27H2,1-2H3,(H,29,30,31)/t12-/m1/s1. The molecule has 1 atom stereocenters. The Bertz CT molecular complexity index is 1270. The van der Waals surface area contributed by atoms with Crippen LogP contribution in [-0.4, -0.2) is 19.5 Å². The predicted octanol–water partition coefficient (Wildman–Crippen LogP) is 5.74. The van der Waals surface area contributed by atoms with Gasteiger partial charge in [-0.1, -0.05) is 0 Å². The first-order valence-electron chi connectivity index (χ1n) is 10.6. The topological polar surface area (TPSA) is 81.6 Å². The average Bonchev–Trinajstić information content (AvgIpc) is 3.16. The summed E-state index contributed by atoms with van der Waals surface area (Å²) >= 11 is 0. The van der Waals surface area contributed by atoms with Crippen molar-refractivity contribution in [3.05, 3.63) is 53.6 Å². The van der Waals surface area contributed by atoms with Crippen LogP contribution in [0.25, 0.3) is 22.3 Å². The van der Waals surface area contributed by atoms with E-state index < -0.39 is 17.8 Å². The molecule has 1 aliphatic carbocycles. The molecule has 6 nitrogen and oxygen atoms in total. The molecule has 1 fully saturated rings. The molecule has 1 saturated carbocycles. The van der Waals surface area contributed by atoms with Gasteiger partial charge in [-0.3, -0.25) is 0 Å². The second-order valence-corrected chi connectivity index (χ2v) is 8.44. The molecule has 0 bridgehead atoms. The summed E-state index contributed by atoms with van der Waals surface area (Å²) in [5.74, 6) is 2.04. The number of aryl methyl sites for hydroxylation is 1. The number of fused-ring (bicyclic) bond motifs is 3. The molecule has 1 aromatic carbocycles. The Balaban J connectivity index is 1.60. The number of nitrogens with two attached hydrogens (primary N) is 1. The minimum atomic E-state index is -4.47. The second-order valence-electron chi connectivity index (χ2n) is 8.44. The van der Waals surface area contributed by atoms with Crippen molar-refractivity contribution in [3.8, 4) is 11.4 Å². The number of nitrogens with zero attached hydrogens (tertiary/aromatic N) is 4. The van der Waals surface area contributed by atoms with E-state index in [4.69, 9.17) is 5.73 Å². The third-order valence-corrected chi connectivity index (χ3v) is 6.13. The molecule has 0 spiro atoms. The number of halogens is 3. The largest absolute Gasteiger partial charge is 0.416 e. The van der Waals surface area contributed by atoms with Gasteiger partial charge in [0.15, 0.2) is 0 Å². The molecule has 9 heteroatoms. The maximum atomic E-state index is 13.3. The van der Waals surface area contributed by atoms with E-state index >= 15 is 0 Å². The summed E-state index contributed by atoms with van der Waals surface area (Å²) in [5, 5.41) is 4.11. The van der Waals surface area contributed by atoms with Crippen molar-refractivity contribution in [3.63, 3.8) is 0 Å². The van der Waals surface area contributed by atoms with E-state index in [2.05, 4.69) is 24.8 Å². The Kier molecular flexibility index (Phi) is 4.72. The molecule has 2 aromatic rings. The van der Waals surface area contributed by atoms with Crippen molar-refractivity contribution in [1.82, 2.24) is 19.5 Å². The van der Waals surface area contributed by atoms with Crippen molar-refractivity contribution < 1.29 is 13.2 Å². The van der Waals surface area contributed by atoms with Gasteiger partial charge in [0.1, 0.15) is 17.5 Å². The number of hydrogen-bond donors (Lipinski definition) is 2. The fourth-order valence-corrected chi connectivity index (χ4v) is 4.26. The molecular weight excluding hydrogens is 417 g/mol. The number of anilines is 2. The minimum absolute atomic E-state index is 0.0691. The Labute approximate surface area is 183 Å².